The molecule has 5 heteroatoms. The molecular formula is C16H20N2O3. The first-order valence-electron chi connectivity index (χ1n) is 7.57. The van der Waals surface area contributed by atoms with E-state index in [1.165, 1.54) is 0 Å². The van der Waals surface area contributed by atoms with Gasteiger partial charge in [-0.2, -0.15) is 0 Å². The summed E-state index contributed by atoms with van der Waals surface area (Å²) in [5.74, 6) is -1.44. The number of pyridine rings is 1. The minimum Gasteiger partial charge on any atom is -0.481 e. The quantitative estimate of drug-likeness (QED) is 0.886. The fraction of sp³-hybridized carbons (Fsp3) is 0.562. The van der Waals surface area contributed by atoms with Gasteiger partial charge in [-0.05, 0) is 49.7 Å². The highest BCUT2D eigenvalue weighted by Gasteiger charge is 2.50. The van der Waals surface area contributed by atoms with Crippen molar-refractivity contribution in [1.29, 1.82) is 0 Å². The van der Waals surface area contributed by atoms with Crippen LogP contribution in [0, 0.1) is 23.7 Å². The monoisotopic (exact) mass is 288 g/mol. The van der Waals surface area contributed by atoms with Gasteiger partial charge in [-0.25, -0.2) is 0 Å². The Balaban J connectivity index is 1.69. The average molecular weight is 288 g/mol. The molecule has 3 aliphatic carbocycles. The average Bonchev–Trinajstić information content (AvgIpc) is 2.53. The van der Waals surface area contributed by atoms with E-state index in [9.17, 15) is 14.7 Å². The molecular weight excluding hydrogens is 268 g/mol. The Bertz CT molecular complexity index is 524. The van der Waals surface area contributed by atoms with Gasteiger partial charge in [0, 0.05) is 6.20 Å². The second-order valence-corrected chi connectivity index (χ2v) is 6.10. The molecule has 4 rings (SSSR count). The highest BCUT2D eigenvalue weighted by molar-refractivity contribution is 5.85. The Morgan fingerprint density at radius 2 is 1.81 bits per heavy atom. The Labute approximate surface area is 123 Å². The molecule has 112 valence electrons. The van der Waals surface area contributed by atoms with Gasteiger partial charge >= 0.3 is 5.97 Å². The van der Waals surface area contributed by atoms with E-state index in [4.69, 9.17) is 0 Å². The normalized spacial score (nSPS) is 30.9. The lowest BCUT2D eigenvalue weighted by atomic mass is 9.58. The molecule has 1 aromatic heterocycles. The molecule has 2 bridgehead atoms. The SMILES string of the molecule is O=C(O)[C@H]1C2CCC(CC2)[C@@H]1C(=O)NCc1ccccn1. The molecule has 2 atom stereocenters. The summed E-state index contributed by atoms with van der Waals surface area (Å²) in [5.41, 5.74) is 0.790. The van der Waals surface area contributed by atoms with Crippen molar-refractivity contribution in [3.8, 4) is 0 Å². The van der Waals surface area contributed by atoms with Crippen molar-refractivity contribution >= 4 is 11.9 Å². The fourth-order valence-electron chi connectivity index (χ4n) is 3.98. The van der Waals surface area contributed by atoms with E-state index in [-0.39, 0.29) is 23.7 Å². The topological polar surface area (TPSA) is 79.3 Å². The summed E-state index contributed by atoms with van der Waals surface area (Å²) in [7, 11) is 0. The third-order valence-corrected chi connectivity index (χ3v) is 4.98. The number of carboxylic acids is 1. The first-order chi connectivity index (χ1) is 10.2. The second kappa shape index (κ2) is 5.84. The molecule has 2 N–H and O–H groups in total. The molecule has 0 saturated heterocycles. The number of rotatable bonds is 4. The van der Waals surface area contributed by atoms with Gasteiger partial charge in [0.25, 0.3) is 0 Å². The van der Waals surface area contributed by atoms with Crippen molar-refractivity contribution < 1.29 is 14.7 Å². The summed E-state index contributed by atoms with van der Waals surface area (Å²) in [4.78, 5) is 28.2. The number of amides is 1. The number of carbonyl (C=O) groups is 2. The van der Waals surface area contributed by atoms with Crippen molar-refractivity contribution in [2.45, 2.75) is 32.2 Å². The standard InChI is InChI=1S/C16H20N2O3/c19-15(18-9-12-3-1-2-8-17-12)13-10-4-6-11(7-5-10)14(13)16(20)21/h1-3,8,10-11,13-14H,4-7,9H2,(H,18,19)(H,20,21)/t10?,11?,13-,14-/m0/s1. The second-order valence-electron chi connectivity index (χ2n) is 6.10. The molecule has 0 aromatic carbocycles. The van der Waals surface area contributed by atoms with Crippen LogP contribution in [0.3, 0.4) is 0 Å². The van der Waals surface area contributed by atoms with Gasteiger partial charge < -0.3 is 10.4 Å². The number of aliphatic carboxylic acids is 1. The molecule has 0 spiro atoms. The number of aromatic nitrogens is 1. The van der Waals surface area contributed by atoms with Crippen LogP contribution in [0.15, 0.2) is 24.4 Å². The molecule has 3 fully saturated rings. The number of carboxylic acid groups (broad SMARTS) is 1. The maximum absolute atomic E-state index is 12.5. The number of hydrogen-bond donors (Lipinski definition) is 2. The minimum atomic E-state index is -0.817. The Kier molecular flexibility index (Phi) is 3.90. The third kappa shape index (κ3) is 2.77. The number of hydrogen-bond acceptors (Lipinski definition) is 3. The van der Waals surface area contributed by atoms with Gasteiger partial charge in [-0.15, -0.1) is 0 Å². The number of nitrogens with one attached hydrogen (secondary N) is 1. The predicted octanol–water partition coefficient (Wildman–Crippen LogP) is 1.83. The van der Waals surface area contributed by atoms with Crippen LogP contribution in [0.1, 0.15) is 31.4 Å². The van der Waals surface area contributed by atoms with Crippen LogP contribution in [0.5, 0.6) is 0 Å². The molecule has 3 aliphatic rings. The first kappa shape index (κ1) is 14.0. The maximum Gasteiger partial charge on any atom is 0.307 e. The Hall–Kier alpha value is -1.91. The van der Waals surface area contributed by atoms with E-state index in [0.717, 1.165) is 31.4 Å². The molecule has 0 radical (unpaired) electrons. The maximum atomic E-state index is 12.5. The summed E-state index contributed by atoms with van der Waals surface area (Å²) >= 11 is 0. The van der Waals surface area contributed by atoms with E-state index < -0.39 is 11.9 Å². The molecule has 0 unspecified atom stereocenters. The highest BCUT2D eigenvalue weighted by Crippen LogP contribution is 2.49. The summed E-state index contributed by atoms with van der Waals surface area (Å²) in [6.07, 6.45) is 5.55. The molecule has 3 saturated carbocycles. The van der Waals surface area contributed by atoms with Crippen molar-refractivity contribution in [2.75, 3.05) is 0 Å². The van der Waals surface area contributed by atoms with Gasteiger partial charge in [-0.1, -0.05) is 6.07 Å². The number of carbonyl (C=O) groups excluding carboxylic acids is 1. The van der Waals surface area contributed by atoms with Gasteiger partial charge in [0.05, 0.1) is 24.1 Å². The molecule has 1 heterocycles. The number of fused-ring (bicyclic) bond motifs is 3. The van der Waals surface area contributed by atoms with Crippen LogP contribution in [0.25, 0.3) is 0 Å². The zero-order valence-corrected chi connectivity index (χ0v) is 11.9. The molecule has 0 aliphatic heterocycles. The summed E-state index contributed by atoms with van der Waals surface area (Å²) in [6, 6.07) is 5.55. The van der Waals surface area contributed by atoms with E-state index in [1.807, 2.05) is 18.2 Å². The predicted molar refractivity (Wildman–Crippen MR) is 76.1 cm³/mol. The van der Waals surface area contributed by atoms with Crippen LogP contribution < -0.4 is 5.32 Å². The van der Waals surface area contributed by atoms with E-state index in [2.05, 4.69) is 10.3 Å². The zero-order chi connectivity index (χ0) is 14.8. The van der Waals surface area contributed by atoms with Gasteiger partial charge in [0.15, 0.2) is 0 Å². The summed E-state index contributed by atoms with van der Waals surface area (Å²) < 4.78 is 0. The van der Waals surface area contributed by atoms with Crippen LogP contribution in [-0.4, -0.2) is 22.0 Å². The minimum absolute atomic E-state index is 0.123. The van der Waals surface area contributed by atoms with Crippen molar-refractivity contribution in [2.24, 2.45) is 23.7 Å². The van der Waals surface area contributed by atoms with Gasteiger partial charge in [-0.3, -0.25) is 14.6 Å². The van der Waals surface area contributed by atoms with Crippen LogP contribution in [0.4, 0.5) is 0 Å². The van der Waals surface area contributed by atoms with E-state index in [0.29, 0.717) is 6.54 Å². The molecule has 5 nitrogen and oxygen atoms in total. The first-order valence-corrected chi connectivity index (χ1v) is 7.57. The van der Waals surface area contributed by atoms with Crippen molar-refractivity contribution in [1.82, 2.24) is 10.3 Å². The fourth-order valence-corrected chi connectivity index (χ4v) is 3.98. The Morgan fingerprint density at radius 1 is 1.14 bits per heavy atom. The molecule has 1 aromatic rings. The Morgan fingerprint density at radius 3 is 2.38 bits per heavy atom. The molecule has 21 heavy (non-hydrogen) atoms. The highest BCUT2D eigenvalue weighted by atomic mass is 16.4. The largest absolute Gasteiger partial charge is 0.481 e. The van der Waals surface area contributed by atoms with Crippen molar-refractivity contribution in [3.05, 3.63) is 30.1 Å². The van der Waals surface area contributed by atoms with Gasteiger partial charge in [0.1, 0.15) is 0 Å². The van der Waals surface area contributed by atoms with E-state index in [1.54, 1.807) is 6.20 Å². The zero-order valence-electron chi connectivity index (χ0n) is 11.9. The lowest BCUT2D eigenvalue weighted by Gasteiger charge is -2.45. The van der Waals surface area contributed by atoms with E-state index >= 15 is 0 Å². The van der Waals surface area contributed by atoms with Crippen LogP contribution >= 0.6 is 0 Å². The molecule has 1 amide bonds. The van der Waals surface area contributed by atoms with Crippen LogP contribution in [-0.2, 0) is 16.1 Å². The lowest BCUT2D eigenvalue weighted by molar-refractivity contribution is -0.158. The van der Waals surface area contributed by atoms with Gasteiger partial charge in [0.2, 0.25) is 5.91 Å². The van der Waals surface area contributed by atoms with Crippen molar-refractivity contribution in [3.63, 3.8) is 0 Å². The smallest absolute Gasteiger partial charge is 0.307 e. The lowest BCUT2D eigenvalue weighted by Crippen LogP contribution is -2.50. The summed E-state index contributed by atoms with van der Waals surface area (Å²) in [5, 5.41) is 12.3. The number of nitrogens with zero attached hydrogens (tertiary/aromatic N) is 1. The summed E-state index contributed by atoms with van der Waals surface area (Å²) in [6.45, 7) is 0.361. The van der Waals surface area contributed by atoms with Crippen LogP contribution in [0.2, 0.25) is 0 Å². The third-order valence-electron chi connectivity index (χ3n) is 4.98.